The normalized spacial score (nSPS) is 17.1. The van der Waals surface area contributed by atoms with Crippen LogP contribution in [0.4, 0.5) is 17.2 Å². The van der Waals surface area contributed by atoms with Crippen molar-refractivity contribution in [1.82, 2.24) is 4.98 Å². The van der Waals surface area contributed by atoms with Gasteiger partial charge in [0.15, 0.2) is 0 Å². The molecule has 0 saturated carbocycles. The summed E-state index contributed by atoms with van der Waals surface area (Å²) in [5, 5.41) is 0. The fourth-order valence-electron chi connectivity index (χ4n) is 2.74. The first-order chi connectivity index (χ1) is 9.70. The third-order valence-electron chi connectivity index (χ3n) is 3.61. The molecule has 1 aromatic heterocycles. The lowest BCUT2D eigenvalue weighted by molar-refractivity contribution is 0.329. The van der Waals surface area contributed by atoms with Gasteiger partial charge < -0.3 is 15.4 Å². The fraction of sp³-hybridized carbons (Fsp3) is 0.312. The van der Waals surface area contributed by atoms with Gasteiger partial charge in [-0.15, -0.1) is 0 Å². The van der Waals surface area contributed by atoms with Crippen LogP contribution in [-0.4, -0.2) is 17.6 Å². The second-order valence-electron chi connectivity index (χ2n) is 5.05. The van der Waals surface area contributed by atoms with Crippen LogP contribution in [0.2, 0.25) is 0 Å². The summed E-state index contributed by atoms with van der Waals surface area (Å²) < 4.78 is 5.50. The van der Waals surface area contributed by atoms with E-state index < -0.39 is 0 Å². The van der Waals surface area contributed by atoms with Gasteiger partial charge in [-0.2, -0.15) is 4.98 Å². The van der Waals surface area contributed by atoms with E-state index in [4.69, 9.17) is 10.5 Å². The average molecular weight is 269 g/mol. The number of nitrogens with zero attached hydrogens (tertiary/aromatic N) is 2. The predicted octanol–water partition coefficient (Wildman–Crippen LogP) is 3.15. The van der Waals surface area contributed by atoms with Crippen LogP contribution in [0.15, 0.2) is 36.4 Å². The van der Waals surface area contributed by atoms with Crippen LogP contribution in [0.25, 0.3) is 0 Å². The standard InChI is InChI=1S/C16H19N3O/c1-3-20-16-13(17)8-9-15(18-16)19-11(2)10-12-6-4-5-7-14(12)19/h4-9,11H,3,10,17H2,1-2H3. The predicted molar refractivity (Wildman–Crippen MR) is 81.6 cm³/mol. The van der Waals surface area contributed by atoms with E-state index in [1.807, 2.05) is 19.1 Å². The first-order valence-electron chi connectivity index (χ1n) is 6.97. The molecule has 0 amide bonds. The van der Waals surface area contributed by atoms with E-state index in [-0.39, 0.29) is 0 Å². The molecular weight excluding hydrogens is 250 g/mol. The van der Waals surface area contributed by atoms with Gasteiger partial charge in [0.25, 0.3) is 0 Å². The first-order valence-corrected chi connectivity index (χ1v) is 6.97. The van der Waals surface area contributed by atoms with Gasteiger partial charge in [0.1, 0.15) is 5.82 Å². The molecular formula is C16H19N3O. The zero-order chi connectivity index (χ0) is 14.1. The van der Waals surface area contributed by atoms with Gasteiger partial charge in [0.05, 0.1) is 12.3 Å². The minimum Gasteiger partial charge on any atom is -0.476 e. The smallest absolute Gasteiger partial charge is 0.239 e. The van der Waals surface area contributed by atoms with E-state index in [1.54, 1.807) is 0 Å². The van der Waals surface area contributed by atoms with Crippen molar-refractivity contribution in [1.29, 1.82) is 0 Å². The number of hydrogen-bond donors (Lipinski definition) is 1. The number of rotatable bonds is 3. The Labute approximate surface area is 119 Å². The van der Waals surface area contributed by atoms with Gasteiger partial charge in [-0.25, -0.2) is 0 Å². The Hall–Kier alpha value is -2.23. The maximum atomic E-state index is 5.90. The summed E-state index contributed by atoms with van der Waals surface area (Å²) >= 11 is 0. The highest BCUT2D eigenvalue weighted by Gasteiger charge is 2.28. The minimum atomic E-state index is 0.387. The third-order valence-corrected chi connectivity index (χ3v) is 3.61. The van der Waals surface area contributed by atoms with Crippen molar-refractivity contribution in [3.63, 3.8) is 0 Å². The summed E-state index contributed by atoms with van der Waals surface area (Å²) in [6.45, 7) is 4.70. The van der Waals surface area contributed by atoms with Crippen molar-refractivity contribution in [3.8, 4) is 5.88 Å². The van der Waals surface area contributed by atoms with Crippen molar-refractivity contribution >= 4 is 17.2 Å². The maximum Gasteiger partial charge on any atom is 0.239 e. The number of anilines is 3. The summed E-state index contributed by atoms with van der Waals surface area (Å²) in [5.74, 6) is 1.40. The topological polar surface area (TPSA) is 51.4 Å². The van der Waals surface area contributed by atoms with Crippen molar-refractivity contribution in [3.05, 3.63) is 42.0 Å². The quantitative estimate of drug-likeness (QED) is 0.930. The van der Waals surface area contributed by atoms with Crippen molar-refractivity contribution in [2.24, 2.45) is 0 Å². The summed E-state index contributed by atoms with van der Waals surface area (Å²) in [4.78, 5) is 6.82. The zero-order valence-electron chi connectivity index (χ0n) is 11.8. The molecule has 0 aliphatic carbocycles. The molecule has 20 heavy (non-hydrogen) atoms. The molecule has 1 aliphatic rings. The lowest BCUT2D eigenvalue weighted by Crippen LogP contribution is -2.25. The van der Waals surface area contributed by atoms with Gasteiger partial charge in [-0.3, -0.25) is 0 Å². The molecule has 1 atom stereocenters. The van der Waals surface area contributed by atoms with E-state index in [9.17, 15) is 0 Å². The van der Waals surface area contributed by atoms with Crippen molar-refractivity contribution in [2.75, 3.05) is 17.2 Å². The SMILES string of the molecule is CCOc1nc(N2c3ccccc3CC2C)ccc1N. The molecule has 4 nitrogen and oxygen atoms in total. The Morgan fingerprint density at radius 2 is 2.10 bits per heavy atom. The van der Waals surface area contributed by atoms with Gasteiger partial charge in [0, 0.05) is 11.7 Å². The largest absolute Gasteiger partial charge is 0.476 e. The number of nitrogen functional groups attached to an aromatic ring is 1. The Morgan fingerprint density at radius 3 is 2.90 bits per heavy atom. The molecule has 0 radical (unpaired) electrons. The van der Waals surface area contributed by atoms with E-state index in [0.29, 0.717) is 24.2 Å². The molecule has 2 heterocycles. The number of fused-ring (bicyclic) bond motifs is 1. The molecule has 3 rings (SSSR count). The molecule has 1 aliphatic heterocycles. The van der Waals surface area contributed by atoms with E-state index in [0.717, 1.165) is 12.2 Å². The minimum absolute atomic E-state index is 0.387. The summed E-state index contributed by atoms with van der Waals surface area (Å²) in [6, 6.07) is 12.7. The van der Waals surface area contributed by atoms with Crippen LogP contribution >= 0.6 is 0 Å². The van der Waals surface area contributed by atoms with Gasteiger partial charge >= 0.3 is 0 Å². The number of nitrogens with two attached hydrogens (primary N) is 1. The highest BCUT2D eigenvalue weighted by molar-refractivity contribution is 5.70. The number of hydrogen-bond acceptors (Lipinski definition) is 4. The summed E-state index contributed by atoms with van der Waals surface area (Å²) in [5.41, 5.74) is 9.06. The van der Waals surface area contributed by atoms with Crippen LogP contribution < -0.4 is 15.4 Å². The third kappa shape index (κ3) is 2.07. The molecule has 0 fully saturated rings. The van der Waals surface area contributed by atoms with Crippen LogP contribution in [0.5, 0.6) is 5.88 Å². The second kappa shape index (κ2) is 5.04. The summed E-state index contributed by atoms with van der Waals surface area (Å²) in [6.07, 6.45) is 1.03. The zero-order valence-corrected chi connectivity index (χ0v) is 11.8. The van der Waals surface area contributed by atoms with Gasteiger partial charge in [0.2, 0.25) is 5.88 Å². The lowest BCUT2D eigenvalue weighted by Gasteiger charge is -2.24. The van der Waals surface area contributed by atoms with Gasteiger partial charge in [-0.1, -0.05) is 18.2 Å². The van der Waals surface area contributed by atoms with Gasteiger partial charge in [-0.05, 0) is 44.0 Å². The van der Waals surface area contributed by atoms with Crippen molar-refractivity contribution in [2.45, 2.75) is 26.3 Å². The van der Waals surface area contributed by atoms with E-state index in [1.165, 1.54) is 11.3 Å². The first kappa shape index (κ1) is 12.8. The molecule has 0 bridgehead atoms. The fourth-order valence-corrected chi connectivity index (χ4v) is 2.74. The number of benzene rings is 1. The molecule has 2 aromatic rings. The highest BCUT2D eigenvalue weighted by Crippen LogP contribution is 2.38. The number of ether oxygens (including phenoxy) is 1. The van der Waals surface area contributed by atoms with Crippen LogP contribution in [0.3, 0.4) is 0 Å². The molecule has 2 N–H and O–H groups in total. The van der Waals surface area contributed by atoms with Crippen molar-refractivity contribution < 1.29 is 4.74 Å². The average Bonchev–Trinajstić information content (AvgIpc) is 2.77. The maximum absolute atomic E-state index is 5.90. The molecule has 104 valence electrons. The molecule has 0 saturated heterocycles. The molecule has 1 unspecified atom stereocenters. The van der Waals surface area contributed by atoms with E-state index >= 15 is 0 Å². The van der Waals surface area contributed by atoms with E-state index in [2.05, 4.69) is 41.1 Å². The Balaban J connectivity index is 2.03. The lowest BCUT2D eigenvalue weighted by atomic mass is 10.1. The molecule has 1 aromatic carbocycles. The van der Waals surface area contributed by atoms with Crippen LogP contribution in [0, 0.1) is 0 Å². The Bertz CT molecular complexity index is 627. The number of aromatic nitrogens is 1. The number of pyridine rings is 1. The Kier molecular flexibility index (Phi) is 3.22. The summed E-state index contributed by atoms with van der Waals surface area (Å²) in [7, 11) is 0. The molecule has 4 heteroatoms. The molecule has 0 spiro atoms. The second-order valence-corrected chi connectivity index (χ2v) is 5.05. The Morgan fingerprint density at radius 1 is 1.30 bits per heavy atom. The number of para-hydroxylation sites is 1. The highest BCUT2D eigenvalue weighted by atomic mass is 16.5. The van der Waals surface area contributed by atoms with Crippen LogP contribution in [-0.2, 0) is 6.42 Å². The van der Waals surface area contributed by atoms with Crippen LogP contribution in [0.1, 0.15) is 19.4 Å². The monoisotopic (exact) mass is 269 g/mol.